The van der Waals surface area contributed by atoms with E-state index in [1.807, 2.05) is 0 Å². The van der Waals surface area contributed by atoms with Crippen LogP contribution in [0.25, 0.3) is 6.08 Å². The van der Waals surface area contributed by atoms with Gasteiger partial charge in [-0.05, 0) is 18.6 Å². The highest BCUT2D eigenvalue weighted by atomic mass is 16.6. The number of esters is 1. The third kappa shape index (κ3) is 4.23. The van der Waals surface area contributed by atoms with Crippen molar-refractivity contribution in [3.63, 3.8) is 0 Å². The summed E-state index contributed by atoms with van der Waals surface area (Å²) >= 11 is 0. The molecular weight excluding hydrogens is 252 g/mol. The van der Waals surface area contributed by atoms with Crippen LogP contribution in [-0.4, -0.2) is 23.9 Å². The van der Waals surface area contributed by atoms with Crippen LogP contribution in [0.2, 0.25) is 0 Å². The zero-order valence-corrected chi connectivity index (χ0v) is 10.2. The third-order valence-electron chi connectivity index (χ3n) is 2.10. The highest BCUT2D eigenvalue weighted by Crippen LogP contribution is 2.15. The Hall–Kier alpha value is -2.70. The van der Waals surface area contributed by atoms with Gasteiger partial charge in [-0.1, -0.05) is 12.1 Å². The molecule has 0 saturated heterocycles. The van der Waals surface area contributed by atoms with Gasteiger partial charge in [-0.3, -0.25) is 14.9 Å². The van der Waals surface area contributed by atoms with E-state index in [1.54, 1.807) is 13.0 Å². The van der Waals surface area contributed by atoms with E-state index in [1.165, 1.54) is 24.3 Å². The number of carbonyl (C=O) groups is 2. The van der Waals surface area contributed by atoms with Crippen molar-refractivity contribution in [1.82, 2.24) is 5.32 Å². The predicted octanol–water partition coefficient (Wildman–Crippen LogP) is 1.24. The van der Waals surface area contributed by atoms with Gasteiger partial charge in [0.15, 0.2) is 0 Å². The highest BCUT2D eigenvalue weighted by Gasteiger charge is 2.11. The molecule has 7 heteroatoms. The molecule has 0 atom stereocenters. The van der Waals surface area contributed by atoms with Crippen molar-refractivity contribution in [1.29, 1.82) is 0 Å². The fraction of sp³-hybridized carbons (Fsp3) is 0.167. The van der Waals surface area contributed by atoms with Gasteiger partial charge in [-0.25, -0.2) is 4.79 Å². The van der Waals surface area contributed by atoms with Crippen molar-refractivity contribution in [2.24, 2.45) is 0 Å². The Balaban J connectivity index is 3.07. The maximum absolute atomic E-state index is 11.5. The molecule has 1 N–H and O–H groups in total. The number of benzene rings is 1. The average molecular weight is 264 g/mol. The van der Waals surface area contributed by atoms with Gasteiger partial charge < -0.3 is 10.1 Å². The van der Waals surface area contributed by atoms with Crippen LogP contribution in [-0.2, 0) is 14.3 Å². The van der Waals surface area contributed by atoms with Crippen LogP contribution in [0.5, 0.6) is 0 Å². The molecule has 0 spiro atoms. The van der Waals surface area contributed by atoms with Gasteiger partial charge >= 0.3 is 5.97 Å². The maximum atomic E-state index is 11.5. The van der Waals surface area contributed by atoms with Crippen molar-refractivity contribution in [3.8, 4) is 0 Å². The number of rotatable bonds is 6. The monoisotopic (exact) mass is 264 g/mol. The summed E-state index contributed by atoms with van der Waals surface area (Å²) in [6.45, 7) is 1.79. The van der Waals surface area contributed by atoms with E-state index in [0.717, 1.165) is 0 Å². The van der Waals surface area contributed by atoms with Crippen molar-refractivity contribution in [3.05, 3.63) is 45.6 Å². The molecule has 19 heavy (non-hydrogen) atoms. The van der Waals surface area contributed by atoms with Crippen LogP contribution in [0.15, 0.2) is 30.0 Å². The van der Waals surface area contributed by atoms with E-state index >= 15 is 0 Å². The Morgan fingerprint density at radius 2 is 2.26 bits per heavy atom. The molecule has 7 nitrogen and oxygen atoms in total. The minimum absolute atomic E-state index is 0.0858. The quantitative estimate of drug-likeness (QED) is 0.274. The number of nitro groups is 1. The van der Waals surface area contributed by atoms with E-state index in [4.69, 9.17) is 4.74 Å². The Morgan fingerprint density at radius 1 is 1.53 bits per heavy atom. The van der Waals surface area contributed by atoms with Crippen molar-refractivity contribution < 1.29 is 19.2 Å². The molecule has 0 aliphatic rings. The molecule has 0 radical (unpaired) electrons. The first kappa shape index (κ1) is 14.4. The molecule has 0 aromatic heterocycles. The van der Waals surface area contributed by atoms with E-state index in [2.05, 4.69) is 5.32 Å². The second-order valence-corrected chi connectivity index (χ2v) is 3.39. The molecule has 0 fully saturated rings. The lowest BCUT2D eigenvalue weighted by Gasteiger charge is -2.05. The molecule has 0 unspecified atom stereocenters. The second-order valence-electron chi connectivity index (χ2n) is 3.39. The minimum Gasteiger partial charge on any atom is -0.461 e. The summed E-state index contributed by atoms with van der Waals surface area (Å²) in [5.74, 6) is -0.707. The van der Waals surface area contributed by atoms with Crippen LogP contribution in [0.3, 0.4) is 0 Å². The summed E-state index contributed by atoms with van der Waals surface area (Å²) in [6.07, 6.45) is 1.64. The molecule has 1 amide bonds. The van der Waals surface area contributed by atoms with Crippen molar-refractivity contribution in [2.45, 2.75) is 6.92 Å². The smallest absolute Gasteiger partial charge is 0.354 e. The Kier molecular flexibility index (Phi) is 5.21. The van der Waals surface area contributed by atoms with Crippen LogP contribution < -0.4 is 5.32 Å². The van der Waals surface area contributed by atoms with Gasteiger partial charge in [-0.15, -0.1) is 0 Å². The summed E-state index contributed by atoms with van der Waals surface area (Å²) in [7, 11) is 0. The van der Waals surface area contributed by atoms with Crippen LogP contribution in [0.1, 0.15) is 12.5 Å². The first-order valence-electron chi connectivity index (χ1n) is 5.42. The SMILES string of the molecule is CCOC(=O)/C(=C/c1cccc([N+](=O)[O-])c1)NC=O. The topological polar surface area (TPSA) is 98.5 Å². The number of nitrogens with one attached hydrogen (secondary N) is 1. The Bertz CT molecular complexity index is 525. The summed E-state index contributed by atoms with van der Waals surface area (Å²) in [5, 5.41) is 12.8. The predicted molar refractivity (Wildman–Crippen MR) is 66.9 cm³/mol. The summed E-state index contributed by atoms with van der Waals surface area (Å²) < 4.78 is 4.74. The standard InChI is InChI=1S/C12H12N2O5/c1-2-19-12(16)11(13-8-15)7-9-4-3-5-10(6-9)14(17)18/h3-8H,2H2,1H3,(H,13,15)/b11-7-. The molecule has 0 aliphatic heterocycles. The Labute approximate surface area is 109 Å². The normalized spacial score (nSPS) is 10.7. The maximum Gasteiger partial charge on any atom is 0.354 e. The summed E-state index contributed by atoms with van der Waals surface area (Å²) in [5.41, 5.74) is 0.215. The molecule has 1 aromatic rings. The number of nitro benzene ring substituents is 1. The van der Waals surface area contributed by atoms with Crippen LogP contribution in [0.4, 0.5) is 5.69 Å². The first-order chi connectivity index (χ1) is 9.08. The second kappa shape index (κ2) is 6.90. The minimum atomic E-state index is -0.707. The molecule has 1 aromatic carbocycles. The lowest BCUT2D eigenvalue weighted by atomic mass is 10.1. The molecule has 0 bridgehead atoms. The fourth-order valence-electron chi connectivity index (χ4n) is 1.33. The van der Waals surface area contributed by atoms with E-state index in [0.29, 0.717) is 12.0 Å². The van der Waals surface area contributed by atoms with E-state index in [9.17, 15) is 19.7 Å². The number of amides is 1. The number of nitrogens with zero attached hydrogens (tertiary/aromatic N) is 1. The van der Waals surface area contributed by atoms with Gasteiger partial charge in [0, 0.05) is 12.1 Å². The molecule has 0 heterocycles. The molecule has 0 aliphatic carbocycles. The van der Waals surface area contributed by atoms with Gasteiger partial charge in [0.05, 0.1) is 11.5 Å². The zero-order valence-electron chi connectivity index (χ0n) is 10.2. The highest BCUT2D eigenvalue weighted by molar-refractivity contribution is 5.95. The Morgan fingerprint density at radius 3 is 2.84 bits per heavy atom. The fourth-order valence-corrected chi connectivity index (χ4v) is 1.33. The van der Waals surface area contributed by atoms with Gasteiger partial charge in [0.2, 0.25) is 6.41 Å². The van der Waals surface area contributed by atoms with Gasteiger partial charge in [0.25, 0.3) is 5.69 Å². The number of hydrogen-bond acceptors (Lipinski definition) is 5. The van der Waals surface area contributed by atoms with Crippen molar-refractivity contribution >= 4 is 24.1 Å². The third-order valence-corrected chi connectivity index (χ3v) is 2.10. The summed E-state index contributed by atoms with van der Waals surface area (Å²) in [4.78, 5) is 32.0. The van der Waals surface area contributed by atoms with E-state index < -0.39 is 10.9 Å². The lowest BCUT2D eigenvalue weighted by molar-refractivity contribution is -0.384. The first-order valence-corrected chi connectivity index (χ1v) is 5.42. The molecule has 1 rings (SSSR count). The van der Waals surface area contributed by atoms with Gasteiger partial charge in [0.1, 0.15) is 5.70 Å². The largest absolute Gasteiger partial charge is 0.461 e. The molecular formula is C12H12N2O5. The molecule has 100 valence electrons. The summed E-state index contributed by atoms with van der Waals surface area (Å²) in [6, 6.07) is 5.66. The van der Waals surface area contributed by atoms with Crippen LogP contribution >= 0.6 is 0 Å². The number of non-ortho nitro benzene ring substituents is 1. The van der Waals surface area contributed by atoms with Crippen molar-refractivity contribution in [2.75, 3.05) is 6.61 Å². The lowest BCUT2D eigenvalue weighted by Crippen LogP contribution is -2.20. The molecule has 0 saturated carbocycles. The van der Waals surface area contributed by atoms with E-state index in [-0.39, 0.29) is 18.0 Å². The average Bonchev–Trinajstić information content (AvgIpc) is 2.39. The number of ether oxygens (including phenoxy) is 1. The number of hydrogen-bond donors (Lipinski definition) is 1. The van der Waals surface area contributed by atoms with Gasteiger partial charge in [-0.2, -0.15) is 0 Å². The zero-order chi connectivity index (χ0) is 14.3. The van der Waals surface area contributed by atoms with Crippen LogP contribution in [0, 0.1) is 10.1 Å². The number of carbonyl (C=O) groups excluding carboxylic acids is 2.